The Morgan fingerprint density at radius 3 is 3.12 bits per heavy atom. The van der Waals surface area contributed by atoms with E-state index >= 15 is 0 Å². The maximum Gasteiger partial charge on any atom is 0.246 e. The van der Waals surface area contributed by atoms with Gasteiger partial charge in [-0.3, -0.25) is 0 Å². The fourth-order valence-corrected chi connectivity index (χ4v) is 4.47. The molecule has 0 aliphatic carbocycles. The molecule has 1 aromatic heterocycles. The molecule has 2 aliphatic rings. The van der Waals surface area contributed by atoms with Crippen molar-refractivity contribution >= 4 is 23.5 Å². The van der Waals surface area contributed by atoms with Crippen molar-refractivity contribution in [2.75, 3.05) is 37.0 Å². The Hall–Kier alpha value is -0.240. The molecule has 2 aliphatic heterocycles. The standard InChI is InChI=1S/C10H15N3O2S2/c1-2-14-5-7(11-1)10-12-9(13-15-10)8-6-16-3-4-17-8/h7-8,11H,1-6H2. The molecule has 2 unspecified atom stereocenters. The molecular formula is C10H15N3O2S2. The van der Waals surface area contributed by atoms with Crippen LogP contribution in [0.4, 0.5) is 0 Å². The predicted molar refractivity (Wildman–Crippen MR) is 68.4 cm³/mol. The fourth-order valence-electron chi connectivity index (χ4n) is 1.88. The average Bonchev–Trinajstić information content (AvgIpc) is 2.90. The van der Waals surface area contributed by atoms with Crippen molar-refractivity contribution < 1.29 is 9.26 Å². The first-order valence-electron chi connectivity index (χ1n) is 5.77. The topological polar surface area (TPSA) is 60.2 Å². The lowest BCUT2D eigenvalue weighted by molar-refractivity contribution is 0.0659. The monoisotopic (exact) mass is 273 g/mol. The first kappa shape index (κ1) is 11.8. The Balaban J connectivity index is 1.68. The molecule has 3 heterocycles. The molecule has 7 heteroatoms. The van der Waals surface area contributed by atoms with Crippen LogP contribution in [-0.2, 0) is 4.74 Å². The maximum atomic E-state index is 5.39. The number of nitrogens with zero attached hydrogens (tertiary/aromatic N) is 2. The molecule has 94 valence electrons. The van der Waals surface area contributed by atoms with E-state index in [1.165, 1.54) is 11.5 Å². The van der Waals surface area contributed by atoms with Crippen molar-refractivity contribution in [1.82, 2.24) is 15.5 Å². The second-order valence-corrected chi connectivity index (χ2v) is 6.47. The number of nitrogens with one attached hydrogen (secondary N) is 1. The molecule has 0 bridgehead atoms. The lowest BCUT2D eigenvalue weighted by Crippen LogP contribution is -2.34. The van der Waals surface area contributed by atoms with Crippen LogP contribution in [0.5, 0.6) is 0 Å². The molecular weight excluding hydrogens is 258 g/mol. The third kappa shape index (κ3) is 2.78. The minimum atomic E-state index is 0.0613. The summed E-state index contributed by atoms with van der Waals surface area (Å²) in [7, 11) is 0. The van der Waals surface area contributed by atoms with E-state index in [4.69, 9.17) is 9.26 Å². The van der Waals surface area contributed by atoms with Gasteiger partial charge in [0.2, 0.25) is 5.89 Å². The number of morpholine rings is 1. The highest BCUT2D eigenvalue weighted by Crippen LogP contribution is 2.35. The normalized spacial score (nSPS) is 30.4. The fraction of sp³-hybridized carbons (Fsp3) is 0.800. The minimum Gasteiger partial charge on any atom is -0.378 e. The van der Waals surface area contributed by atoms with E-state index in [2.05, 4.69) is 15.5 Å². The van der Waals surface area contributed by atoms with Crippen molar-refractivity contribution in [1.29, 1.82) is 0 Å². The zero-order chi connectivity index (χ0) is 11.5. The lowest BCUT2D eigenvalue weighted by atomic mass is 10.3. The van der Waals surface area contributed by atoms with E-state index in [9.17, 15) is 0 Å². The van der Waals surface area contributed by atoms with Crippen LogP contribution in [0.2, 0.25) is 0 Å². The average molecular weight is 273 g/mol. The summed E-state index contributed by atoms with van der Waals surface area (Å²) in [4.78, 5) is 4.50. The van der Waals surface area contributed by atoms with Gasteiger partial charge in [0.25, 0.3) is 0 Å². The Labute approximate surface area is 108 Å². The third-order valence-electron chi connectivity index (χ3n) is 2.78. The predicted octanol–water partition coefficient (Wildman–Crippen LogP) is 1.25. The Bertz CT molecular complexity index is 330. The molecule has 2 atom stereocenters. The summed E-state index contributed by atoms with van der Waals surface area (Å²) in [6.07, 6.45) is 0. The van der Waals surface area contributed by atoms with Crippen LogP contribution in [0.15, 0.2) is 4.52 Å². The van der Waals surface area contributed by atoms with Gasteiger partial charge in [0.15, 0.2) is 5.82 Å². The number of aromatic nitrogens is 2. The van der Waals surface area contributed by atoms with Crippen LogP contribution in [0.3, 0.4) is 0 Å². The Morgan fingerprint density at radius 1 is 1.35 bits per heavy atom. The smallest absolute Gasteiger partial charge is 0.246 e. The van der Waals surface area contributed by atoms with Gasteiger partial charge in [-0.1, -0.05) is 5.16 Å². The first-order valence-corrected chi connectivity index (χ1v) is 7.98. The maximum absolute atomic E-state index is 5.39. The summed E-state index contributed by atoms with van der Waals surface area (Å²) in [6.45, 7) is 2.22. The Kier molecular flexibility index (Phi) is 3.90. The molecule has 0 amide bonds. The number of rotatable bonds is 2. The van der Waals surface area contributed by atoms with E-state index < -0.39 is 0 Å². The van der Waals surface area contributed by atoms with Crippen molar-refractivity contribution in [2.24, 2.45) is 0 Å². The summed E-state index contributed by atoms with van der Waals surface area (Å²) < 4.78 is 10.7. The SMILES string of the molecule is C1COCC(c2nc(C3CSCCS3)no2)N1. The quantitative estimate of drug-likeness (QED) is 0.870. The number of ether oxygens (including phenoxy) is 1. The van der Waals surface area contributed by atoms with Gasteiger partial charge in [-0.15, -0.1) is 11.8 Å². The highest BCUT2D eigenvalue weighted by molar-refractivity contribution is 8.06. The second-order valence-electron chi connectivity index (χ2n) is 4.01. The van der Waals surface area contributed by atoms with Crippen molar-refractivity contribution in [3.63, 3.8) is 0 Å². The molecule has 2 saturated heterocycles. The summed E-state index contributed by atoms with van der Waals surface area (Å²) in [5.74, 6) is 4.98. The zero-order valence-corrected chi connectivity index (χ0v) is 11.1. The van der Waals surface area contributed by atoms with Crippen molar-refractivity contribution in [3.8, 4) is 0 Å². The molecule has 17 heavy (non-hydrogen) atoms. The van der Waals surface area contributed by atoms with Crippen LogP contribution in [0, 0.1) is 0 Å². The van der Waals surface area contributed by atoms with Crippen LogP contribution in [0.25, 0.3) is 0 Å². The van der Waals surface area contributed by atoms with Crippen LogP contribution >= 0.6 is 23.5 Å². The van der Waals surface area contributed by atoms with E-state index in [1.54, 1.807) is 0 Å². The lowest BCUT2D eigenvalue weighted by Gasteiger charge is -2.20. The van der Waals surface area contributed by atoms with E-state index in [-0.39, 0.29) is 6.04 Å². The molecule has 2 fully saturated rings. The van der Waals surface area contributed by atoms with Crippen molar-refractivity contribution in [2.45, 2.75) is 11.3 Å². The highest BCUT2D eigenvalue weighted by Gasteiger charge is 2.26. The van der Waals surface area contributed by atoms with Gasteiger partial charge in [-0.2, -0.15) is 16.7 Å². The molecule has 3 rings (SSSR count). The van der Waals surface area contributed by atoms with E-state index in [0.29, 0.717) is 17.7 Å². The number of thioether (sulfide) groups is 2. The summed E-state index contributed by atoms with van der Waals surface area (Å²) in [5.41, 5.74) is 0. The van der Waals surface area contributed by atoms with Crippen LogP contribution in [0.1, 0.15) is 23.0 Å². The second kappa shape index (κ2) is 5.60. The molecule has 0 aromatic carbocycles. The Morgan fingerprint density at radius 2 is 2.35 bits per heavy atom. The summed E-state index contributed by atoms with van der Waals surface area (Å²) in [6, 6.07) is 0.0613. The molecule has 0 radical (unpaired) electrons. The van der Waals surface area contributed by atoms with E-state index in [0.717, 1.165) is 24.7 Å². The van der Waals surface area contributed by atoms with Gasteiger partial charge >= 0.3 is 0 Å². The summed E-state index contributed by atoms with van der Waals surface area (Å²) in [5, 5.41) is 7.80. The largest absolute Gasteiger partial charge is 0.378 e. The number of hydrogen-bond donors (Lipinski definition) is 1. The van der Waals surface area contributed by atoms with Crippen LogP contribution in [-0.4, -0.2) is 47.2 Å². The zero-order valence-electron chi connectivity index (χ0n) is 9.42. The van der Waals surface area contributed by atoms with Crippen LogP contribution < -0.4 is 5.32 Å². The van der Waals surface area contributed by atoms with E-state index in [1.807, 2.05) is 23.5 Å². The van der Waals surface area contributed by atoms with Gasteiger partial charge in [0.05, 0.1) is 18.5 Å². The molecule has 1 N–H and O–H groups in total. The van der Waals surface area contributed by atoms with Gasteiger partial charge < -0.3 is 14.6 Å². The van der Waals surface area contributed by atoms with Gasteiger partial charge in [0, 0.05) is 23.8 Å². The number of hydrogen-bond acceptors (Lipinski definition) is 7. The molecule has 5 nitrogen and oxygen atoms in total. The molecule has 0 spiro atoms. The van der Waals surface area contributed by atoms with Gasteiger partial charge in [-0.05, 0) is 0 Å². The van der Waals surface area contributed by atoms with Crippen molar-refractivity contribution in [3.05, 3.63) is 11.7 Å². The van der Waals surface area contributed by atoms with Gasteiger partial charge in [0.1, 0.15) is 6.04 Å². The minimum absolute atomic E-state index is 0.0613. The first-order chi connectivity index (χ1) is 8.43. The highest BCUT2D eigenvalue weighted by atomic mass is 32.2. The van der Waals surface area contributed by atoms with Gasteiger partial charge in [-0.25, -0.2) is 0 Å². The molecule has 0 saturated carbocycles. The molecule has 1 aromatic rings. The third-order valence-corrected chi connectivity index (χ3v) is 5.53. The summed E-state index contributed by atoms with van der Waals surface area (Å²) >= 11 is 3.88.